The third-order valence-corrected chi connectivity index (χ3v) is 8.19. The molecule has 0 bridgehead atoms. The summed E-state index contributed by atoms with van der Waals surface area (Å²) in [6, 6.07) is 1.92. The number of hydrogen-bond acceptors (Lipinski definition) is 8. The van der Waals surface area contributed by atoms with E-state index in [1.807, 2.05) is 33.8 Å². The summed E-state index contributed by atoms with van der Waals surface area (Å²) < 4.78 is 23.2. The van der Waals surface area contributed by atoms with Gasteiger partial charge in [0, 0.05) is 44.6 Å². The van der Waals surface area contributed by atoms with Crippen molar-refractivity contribution in [3.63, 3.8) is 0 Å². The molecule has 1 heterocycles. The van der Waals surface area contributed by atoms with Crippen LogP contribution < -0.4 is 4.74 Å². The zero-order chi connectivity index (χ0) is 25.2. The fourth-order valence-electron chi connectivity index (χ4n) is 6.84. The molecule has 3 aliphatic rings. The first-order valence-corrected chi connectivity index (χ1v) is 11.8. The average Bonchev–Trinajstić information content (AvgIpc) is 3.17. The van der Waals surface area contributed by atoms with E-state index in [-0.39, 0.29) is 6.42 Å². The van der Waals surface area contributed by atoms with Gasteiger partial charge < -0.3 is 24.1 Å². The van der Waals surface area contributed by atoms with Gasteiger partial charge in [-0.25, -0.2) is 0 Å². The minimum absolute atomic E-state index is 0.212. The van der Waals surface area contributed by atoms with Gasteiger partial charge in [-0.1, -0.05) is 13.8 Å². The summed E-state index contributed by atoms with van der Waals surface area (Å²) in [4.78, 5) is 36.5. The summed E-state index contributed by atoms with van der Waals surface area (Å²) in [5, 5.41) is 12.7. The van der Waals surface area contributed by atoms with Gasteiger partial charge in [0.15, 0.2) is 6.10 Å². The summed E-state index contributed by atoms with van der Waals surface area (Å²) in [7, 11) is 0. The SMILES string of the molecule is CC(=O)OC1CC(C)(C)C2(O)C(OC(C)=O)Cc3c(cc4c(c3C)CCO4)C2(C)C1OC(C)=O. The van der Waals surface area contributed by atoms with E-state index < -0.39 is 52.7 Å². The van der Waals surface area contributed by atoms with E-state index in [2.05, 4.69) is 0 Å². The Hall–Kier alpha value is -2.61. The number of benzene rings is 1. The third-order valence-electron chi connectivity index (χ3n) is 8.19. The normalized spacial score (nSPS) is 33.0. The number of carbonyl (C=O) groups excluding carboxylic acids is 3. The smallest absolute Gasteiger partial charge is 0.303 e. The molecule has 1 aromatic rings. The molecule has 186 valence electrons. The topological polar surface area (TPSA) is 108 Å². The molecule has 8 nitrogen and oxygen atoms in total. The first-order chi connectivity index (χ1) is 15.7. The van der Waals surface area contributed by atoms with E-state index in [0.29, 0.717) is 13.0 Å². The molecule has 1 saturated carbocycles. The number of rotatable bonds is 3. The highest BCUT2D eigenvalue weighted by atomic mass is 16.6. The van der Waals surface area contributed by atoms with Crippen LogP contribution in [0.15, 0.2) is 6.07 Å². The second-order valence-electron chi connectivity index (χ2n) is 10.6. The predicted octanol–water partition coefficient (Wildman–Crippen LogP) is 2.70. The van der Waals surface area contributed by atoms with E-state index in [4.69, 9.17) is 18.9 Å². The minimum atomic E-state index is -1.64. The van der Waals surface area contributed by atoms with Crippen molar-refractivity contribution in [2.24, 2.45) is 5.41 Å². The van der Waals surface area contributed by atoms with Crippen LogP contribution in [0.3, 0.4) is 0 Å². The number of hydrogen-bond donors (Lipinski definition) is 1. The lowest BCUT2D eigenvalue weighted by Crippen LogP contribution is -2.78. The van der Waals surface area contributed by atoms with Crippen molar-refractivity contribution in [2.45, 2.75) is 97.1 Å². The minimum Gasteiger partial charge on any atom is -0.493 e. The first kappa shape index (κ1) is 24.5. The summed E-state index contributed by atoms with van der Waals surface area (Å²) in [5.41, 5.74) is -0.0186. The van der Waals surface area contributed by atoms with Crippen molar-refractivity contribution < 1.29 is 38.4 Å². The summed E-state index contributed by atoms with van der Waals surface area (Å²) >= 11 is 0. The molecule has 0 aromatic heterocycles. The van der Waals surface area contributed by atoms with Gasteiger partial charge in [0.25, 0.3) is 0 Å². The standard InChI is InChI=1S/C26H34O8/c1-13-17-8-9-31-20(17)11-19-18(13)10-22(33-15(3)28)26(30)24(5,6)12-21(32-14(2)27)23(25(19,26)7)34-16(4)29/h11,21-23,30H,8-10,12H2,1-7H3. The Balaban J connectivity index is 2.05. The van der Waals surface area contributed by atoms with Crippen LogP contribution in [0, 0.1) is 12.3 Å². The van der Waals surface area contributed by atoms with Crippen LogP contribution in [-0.4, -0.2) is 53.5 Å². The highest BCUT2D eigenvalue weighted by Crippen LogP contribution is 2.62. The molecule has 1 fully saturated rings. The van der Waals surface area contributed by atoms with Gasteiger partial charge >= 0.3 is 17.9 Å². The fourth-order valence-corrected chi connectivity index (χ4v) is 6.84. The van der Waals surface area contributed by atoms with Crippen molar-refractivity contribution in [1.82, 2.24) is 0 Å². The molecule has 0 spiro atoms. The highest BCUT2D eigenvalue weighted by Gasteiger charge is 2.73. The molecule has 1 aromatic carbocycles. The fraction of sp³-hybridized carbons (Fsp3) is 0.654. The second-order valence-corrected chi connectivity index (χ2v) is 10.6. The van der Waals surface area contributed by atoms with Gasteiger partial charge in [-0.15, -0.1) is 0 Å². The molecule has 1 aliphatic heterocycles. The molecule has 34 heavy (non-hydrogen) atoms. The molecule has 5 atom stereocenters. The average molecular weight is 475 g/mol. The molecule has 0 amide bonds. The number of aliphatic hydroxyl groups is 1. The lowest BCUT2D eigenvalue weighted by Gasteiger charge is -2.65. The van der Waals surface area contributed by atoms with Crippen LogP contribution in [0.2, 0.25) is 0 Å². The Morgan fingerprint density at radius 3 is 2.21 bits per heavy atom. The second kappa shape index (κ2) is 7.97. The number of fused-ring (bicyclic) bond motifs is 4. The Labute approximate surface area is 199 Å². The maximum atomic E-state index is 12.7. The molecule has 4 rings (SSSR count). The van der Waals surface area contributed by atoms with E-state index in [1.54, 1.807) is 0 Å². The molecule has 2 aliphatic carbocycles. The van der Waals surface area contributed by atoms with E-state index in [1.165, 1.54) is 20.8 Å². The zero-order valence-electron chi connectivity index (χ0n) is 20.9. The third kappa shape index (κ3) is 3.33. The van der Waals surface area contributed by atoms with Crippen LogP contribution in [0.5, 0.6) is 5.75 Å². The Kier molecular flexibility index (Phi) is 5.75. The van der Waals surface area contributed by atoms with Gasteiger partial charge in [0.1, 0.15) is 23.6 Å². The van der Waals surface area contributed by atoms with Crippen molar-refractivity contribution in [2.75, 3.05) is 6.61 Å². The van der Waals surface area contributed by atoms with Crippen LogP contribution in [0.1, 0.15) is 70.2 Å². The molecular weight excluding hydrogens is 440 g/mol. The van der Waals surface area contributed by atoms with E-state index in [9.17, 15) is 19.5 Å². The predicted molar refractivity (Wildman–Crippen MR) is 121 cm³/mol. The zero-order valence-corrected chi connectivity index (χ0v) is 20.9. The van der Waals surface area contributed by atoms with Crippen molar-refractivity contribution >= 4 is 17.9 Å². The lowest BCUT2D eigenvalue weighted by molar-refractivity contribution is -0.275. The van der Waals surface area contributed by atoms with E-state index in [0.717, 1.165) is 34.4 Å². The number of carbonyl (C=O) groups is 3. The molecule has 5 unspecified atom stereocenters. The quantitative estimate of drug-likeness (QED) is 0.526. The van der Waals surface area contributed by atoms with E-state index >= 15 is 0 Å². The van der Waals surface area contributed by atoms with Crippen LogP contribution in [-0.2, 0) is 46.9 Å². The van der Waals surface area contributed by atoms with Crippen molar-refractivity contribution in [3.8, 4) is 5.75 Å². The van der Waals surface area contributed by atoms with Gasteiger partial charge in [0.05, 0.1) is 12.0 Å². The van der Waals surface area contributed by atoms with Gasteiger partial charge in [0.2, 0.25) is 0 Å². The van der Waals surface area contributed by atoms with Gasteiger partial charge in [-0.05, 0) is 43.0 Å². The molecular formula is C26H34O8. The van der Waals surface area contributed by atoms with Crippen molar-refractivity contribution in [3.05, 3.63) is 28.3 Å². The molecule has 0 saturated heterocycles. The van der Waals surface area contributed by atoms with Gasteiger partial charge in [-0.2, -0.15) is 0 Å². The first-order valence-electron chi connectivity index (χ1n) is 11.8. The highest BCUT2D eigenvalue weighted by molar-refractivity contribution is 5.69. The maximum absolute atomic E-state index is 12.7. The molecule has 1 N–H and O–H groups in total. The Morgan fingerprint density at radius 2 is 1.62 bits per heavy atom. The summed E-state index contributed by atoms with van der Waals surface area (Å²) in [6.45, 7) is 12.0. The van der Waals surface area contributed by atoms with Gasteiger partial charge in [-0.3, -0.25) is 14.4 Å². The Bertz CT molecular complexity index is 1060. The van der Waals surface area contributed by atoms with Crippen LogP contribution >= 0.6 is 0 Å². The lowest BCUT2D eigenvalue weighted by atomic mass is 9.44. The van der Waals surface area contributed by atoms with Crippen molar-refractivity contribution in [1.29, 1.82) is 0 Å². The van der Waals surface area contributed by atoms with Crippen LogP contribution in [0.4, 0.5) is 0 Å². The van der Waals surface area contributed by atoms with Crippen LogP contribution in [0.25, 0.3) is 0 Å². The Morgan fingerprint density at radius 1 is 1.00 bits per heavy atom. The monoisotopic (exact) mass is 474 g/mol. The largest absolute Gasteiger partial charge is 0.493 e. The molecule has 8 heteroatoms. The number of ether oxygens (including phenoxy) is 4. The summed E-state index contributed by atoms with van der Waals surface area (Å²) in [5.74, 6) is -0.836. The number of esters is 3. The summed E-state index contributed by atoms with van der Waals surface area (Å²) in [6.07, 6.45) is -1.42. The molecule has 0 radical (unpaired) electrons. The maximum Gasteiger partial charge on any atom is 0.303 e.